The molecular formula is C9H11NO3. The minimum atomic E-state index is -0.437. The van der Waals surface area contributed by atoms with Crippen LogP contribution in [0.4, 0.5) is 5.69 Å². The van der Waals surface area contributed by atoms with Crippen LogP contribution in [0, 0.1) is 24.0 Å². The molecule has 0 saturated carbocycles. The van der Waals surface area contributed by atoms with E-state index in [2.05, 4.69) is 0 Å². The number of nitro benzene ring substituents is 1. The molecule has 0 amide bonds. The molecule has 0 aliphatic heterocycles. The van der Waals surface area contributed by atoms with Crippen LogP contribution in [0.5, 0.6) is 0 Å². The zero-order valence-corrected chi connectivity index (χ0v) is 7.57. The standard InChI is InChI=1S/C9H11NO3/c1-6-3-4-9(10(12)13)7(2)8(6)5-11/h3-4,11H,5H2,1-2H3. The van der Waals surface area contributed by atoms with Crippen LogP contribution >= 0.6 is 0 Å². The molecule has 0 aliphatic carbocycles. The fourth-order valence-corrected chi connectivity index (χ4v) is 1.32. The molecule has 0 unspecified atom stereocenters. The maximum absolute atomic E-state index is 10.5. The van der Waals surface area contributed by atoms with Gasteiger partial charge in [-0.15, -0.1) is 0 Å². The molecule has 13 heavy (non-hydrogen) atoms. The monoisotopic (exact) mass is 181 g/mol. The Morgan fingerprint density at radius 1 is 1.46 bits per heavy atom. The van der Waals surface area contributed by atoms with Gasteiger partial charge in [-0.05, 0) is 25.0 Å². The lowest BCUT2D eigenvalue weighted by Crippen LogP contribution is -1.98. The minimum absolute atomic E-state index is 0.0645. The zero-order valence-electron chi connectivity index (χ0n) is 7.57. The van der Waals surface area contributed by atoms with E-state index < -0.39 is 4.92 Å². The van der Waals surface area contributed by atoms with Crippen molar-refractivity contribution in [2.45, 2.75) is 20.5 Å². The minimum Gasteiger partial charge on any atom is -0.392 e. The molecule has 4 heteroatoms. The number of aryl methyl sites for hydroxylation is 1. The summed E-state index contributed by atoms with van der Waals surface area (Å²) in [7, 11) is 0. The molecule has 70 valence electrons. The predicted octanol–water partition coefficient (Wildman–Crippen LogP) is 1.70. The Hall–Kier alpha value is -1.42. The highest BCUT2D eigenvalue weighted by molar-refractivity contribution is 5.47. The van der Waals surface area contributed by atoms with Crippen LogP contribution < -0.4 is 0 Å². The van der Waals surface area contributed by atoms with E-state index in [4.69, 9.17) is 5.11 Å². The molecule has 0 fully saturated rings. The number of rotatable bonds is 2. The number of hydrogen-bond donors (Lipinski definition) is 1. The van der Waals surface area contributed by atoms with Crippen molar-refractivity contribution in [3.05, 3.63) is 38.9 Å². The fraction of sp³-hybridized carbons (Fsp3) is 0.333. The number of nitro groups is 1. The average molecular weight is 181 g/mol. The largest absolute Gasteiger partial charge is 0.392 e. The number of aliphatic hydroxyl groups excluding tert-OH is 1. The Kier molecular flexibility index (Phi) is 2.63. The number of aliphatic hydroxyl groups is 1. The van der Waals surface area contributed by atoms with Crippen molar-refractivity contribution in [1.82, 2.24) is 0 Å². The van der Waals surface area contributed by atoms with Gasteiger partial charge >= 0.3 is 0 Å². The third-order valence-electron chi connectivity index (χ3n) is 2.16. The lowest BCUT2D eigenvalue weighted by atomic mass is 10.0. The van der Waals surface area contributed by atoms with Gasteiger partial charge in [0.1, 0.15) is 0 Å². The van der Waals surface area contributed by atoms with E-state index in [9.17, 15) is 10.1 Å². The first kappa shape index (κ1) is 9.67. The molecule has 1 N–H and O–H groups in total. The molecule has 0 saturated heterocycles. The van der Waals surface area contributed by atoms with E-state index in [1.165, 1.54) is 6.07 Å². The van der Waals surface area contributed by atoms with Crippen molar-refractivity contribution < 1.29 is 10.0 Å². The molecule has 0 radical (unpaired) electrons. The third-order valence-corrected chi connectivity index (χ3v) is 2.16. The van der Waals surface area contributed by atoms with Gasteiger partial charge in [0, 0.05) is 11.6 Å². The van der Waals surface area contributed by atoms with Gasteiger partial charge in [0.25, 0.3) is 5.69 Å². The van der Waals surface area contributed by atoms with Crippen LogP contribution in [-0.2, 0) is 6.61 Å². The molecule has 4 nitrogen and oxygen atoms in total. The summed E-state index contributed by atoms with van der Waals surface area (Å²) in [4.78, 5) is 10.1. The number of nitrogens with zero attached hydrogens (tertiary/aromatic N) is 1. The maximum atomic E-state index is 10.5. The lowest BCUT2D eigenvalue weighted by molar-refractivity contribution is -0.385. The van der Waals surface area contributed by atoms with Crippen LogP contribution in [0.2, 0.25) is 0 Å². The molecule has 0 spiro atoms. The highest BCUT2D eigenvalue weighted by Crippen LogP contribution is 2.23. The van der Waals surface area contributed by atoms with E-state index in [0.29, 0.717) is 11.1 Å². The Balaban J connectivity index is 3.35. The molecule has 0 aromatic heterocycles. The Morgan fingerprint density at radius 2 is 2.08 bits per heavy atom. The summed E-state index contributed by atoms with van der Waals surface area (Å²) in [6, 6.07) is 3.11. The van der Waals surface area contributed by atoms with Crippen molar-refractivity contribution in [2.75, 3.05) is 0 Å². The molecule has 1 rings (SSSR count). The van der Waals surface area contributed by atoms with Crippen molar-refractivity contribution in [1.29, 1.82) is 0 Å². The third kappa shape index (κ3) is 1.67. The Labute approximate surface area is 76.0 Å². The summed E-state index contributed by atoms with van der Waals surface area (Å²) in [5.74, 6) is 0. The summed E-state index contributed by atoms with van der Waals surface area (Å²) in [5.41, 5.74) is 2.14. The van der Waals surface area contributed by atoms with E-state index in [1.54, 1.807) is 13.0 Å². The second kappa shape index (κ2) is 3.53. The highest BCUT2D eigenvalue weighted by atomic mass is 16.6. The molecule has 0 heterocycles. The van der Waals surface area contributed by atoms with E-state index in [-0.39, 0.29) is 12.3 Å². The van der Waals surface area contributed by atoms with Crippen LogP contribution in [-0.4, -0.2) is 10.0 Å². The first-order valence-corrected chi connectivity index (χ1v) is 3.92. The zero-order chi connectivity index (χ0) is 10.0. The quantitative estimate of drug-likeness (QED) is 0.558. The smallest absolute Gasteiger partial charge is 0.272 e. The van der Waals surface area contributed by atoms with Gasteiger partial charge in [-0.25, -0.2) is 0 Å². The number of hydrogen-bond acceptors (Lipinski definition) is 3. The van der Waals surface area contributed by atoms with Crippen LogP contribution in [0.25, 0.3) is 0 Å². The number of benzene rings is 1. The van der Waals surface area contributed by atoms with E-state index in [0.717, 1.165) is 5.56 Å². The van der Waals surface area contributed by atoms with Crippen LogP contribution in [0.3, 0.4) is 0 Å². The molecule has 0 bridgehead atoms. The Morgan fingerprint density at radius 3 is 2.54 bits per heavy atom. The van der Waals surface area contributed by atoms with Crippen molar-refractivity contribution >= 4 is 5.69 Å². The summed E-state index contributed by atoms with van der Waals surface area (Å²) >= 11 is 0. The summed E-state index contributed by atoms with van der Waals surface area (Å²) in [5, 5.41) is 19.5. The van der Waals surface area contributed by atoms with Gasteiger partial charge in [0.2, 0.25) is 0 Å². The first-order valence-electron chi connectivity index (χ1n) is 3.92. The molecule has 0 atom stereocenters. The van der Waals surface area contributed by atoms with Gasteiger partial charge in [0.05, 0.1) is 11.5 Å². The van der Waals surface area contributed by atoms with Gasteiger partial charge in [0.15, 0.2) is 0 Å². The summed E-state index contributed by atoms with van der Waals surface area (Å²) in [6.45, 7) is 3.32. The second-order valence-corrected chi connectivity index (χ2v) is 2.92. The normalized spacial score (nSPS) is 10.1. The lowest BCUT2D eigenvalue weighted by Gasteiger charge is -2.06. The van der Waals surface area contributed by atoms with Crippen molar-refractivity contribution in [3.63, 3.8) is 0 Å². The molecule has 0 aliphatic rings. The SMILES string of the molecule is Cc1ccc([N+](=O)[O-])c(C)c1CO. The van der Waals surface area contributed by atoms with Gasteiger partial charge in [-0.1, -0.05) is 6.07 Å². The van der Waals surface area contributed by atoms with Crippen molar-refractivity contribution in [2.24, 2.45) is 0 Å². The Bertz CT molecular complexity index is 347. The maximum Gasteiger partial charge on any atom is 0.272 e. The molecule has 1 aromatic carbocycles. The first-order chi connectivity index (χ1) is 6.07. The van der Waals surface area contributed by atoms with Gasteiger partial charge in [-0.2, -0.15) is 0 Å². The summed E-state index contributed by atoms with van der Waals surface area (Å²) < 4.78 is 0. The van der Waals surface area contributed by atoms with Crippen molar-refractivity contribution in [3.8, 4) is 0 Å². The van der Waals surface area contributed by atoms with E-state index in [1.807, 2.05) is 6.92 Å². The van der Waals surface area contributed by atoms with E-state index >= 15 is 0 Å². The topological polar surface area (TPSA) is 63.4 Å². The van der Waals surface area contributed by atoms with Crippen LogP contribution in [0.1, 0.15) is 16.7 Å². The second-order valence-electron chi connectivity index (χ2n) is 2.92. The highest BCUT2D eigenvalue weighted by Gasteiger charge is 2.14. The van der Waals surface area contributed by atoms with Crippen LogP contribution in [0.15, 0.2) is 12.1 Å². The molecular weight excluding hydrogens is 170 g/mol. The molecule has 1 aromatic rings. The van der Waals surface area contributed by atoms with Gasteiger partial charge in [-0.3, -0.25) is 10.1 Å². The average Bonchev–Trinajstić information content (AvgIpc) is 2.04. The van der Waals surface area contributed by atoms with Gasteiger partial charge < -0.3 is 5.11 Å². The fourth-order valence-electron chi connectivity index (χ4n) is 1.32. The predicted molar refractivity (Wildman–Crippen MR) is 48.5 cm³/mol. The summed E-state index contributed by atoms with van der Waals surface area (Å²) in [6.07, 6.45) is 0.